The second-order valence-electron chi connectivity index (χ2n) is 4.92. The molecule has 0 aromatic heterocycles. The van der Waals surface area contributed by atoms with Gasteiger partial charge in [0.15, 0.2) is 11.6 Å². The van der Waals surface area contributed by atoms with Gasteiger partial charge in [0, 0.05) is 10.9 Å². The van der Waals surface area contributed by atoms with E-state index >= 15 is 0 Å². The Bertz CT molecular complexity index is 809. The molecule has 1 aliphatic rings. The molecule has 22 heavy (non-hydrogen) atoms. The van der Waals surface area contributed by atoms with Crippen LogP contribution in [0.15, 0.2) is 52.3 Å². The SMILES string of the molecule is O=S(=O)(N[C@H]1CCSc2ccccc21)c1ccc(F)c(F)c1. The fraction of sp³-hybridized carbons (Fsp3) is 0.200. The third kappa shape index (κ3) is 3.02. The van der Waals surface area contributed by atoms with Gasteiger partial charge in [-0.25, -0.2) is 21.9 Å². The Labute approximate surface area is 131 Å². The Morgan fingerprint density at radius 3 is 2.64 bits per heavy atom. The van der Waals surface area contributed by atoms with Gasteiger partial charge >= 0.3 is 0 Å². The van der Waals surface area contributed by atoms with Gasteiger partial charge < -0.3 is 0 Å². The molecule has 0 fully saturated rings. The number of benzene rings is 2. The number of halogens is 2. The van der Waals surface area contributed by atoms with Crippen LogP contribution in [0.1, 0.15) is 18.0 Å². The van der Waals surface area contributed by atoms with Crippen LogP contribution in [0.25, 0.3) is 0 Å². The van der Waals surface area contributed by atoms with E-state index < -0.39 is 21.7 Å². The van der Waals surface area contributed by atoms with E-state index in [1.165, 1.54) is 0 Å². The van der Waals surface area contributed by atoms with Crippen molar-refractivity contribution in [3.63, 3.8) is 0 Å². The summed E-state index contributed by atoms with van der Waals surface area (Å²) in [5.41, 5.74) is 0.907. The van der Waals surface area contributed by atoms with Crippen molar-refractivity contribution in [1.82, 2.24) is 4.72 Å². The Hall–Kier alpha value is -1.44. The van der Waals surface area contributed by atoms with E-state index in [1.807, 2.05) is 24.3 Å². The number of fused-ring (bicyclic) bond motifs is 1. The molecule has 3 nitrogen and oxygen atoms in total. The Morgan fingerprint density at radius 2 is 1.86 bits per heavy atom. The third-order valence-corrected chi connectivity index (χ3v) is 6.05. The normalized spacial score (nSPS) is 18.0. The lowest BCUT2D eigenvalue weighted by molar-refractivity contribution is 0.503. The van der Waals surface area contributed by atoms with Crippen LogP contribution in [0, 0.1) is 11.6 Å². The molecule has 1 N–H and O–H groups in total. The number of sulfonamides is 1. The smallest absolute Gasteiger partial charge is 0.207 e. The van der Waals surface area contributed by atoms with Crippen molar-refractivity contribution < 1.29 is 17.2 Å². The highest BCUT2D eigenvalue weighted by atomic mass is 32.2. The van der Waals surface area contributed by atoms with Crippen LogP contribution in [0.3, 0.4) is 0 Å². The lowest BCUT2D eigenvalue weighted by atomic mass is 10.1. The molecule has 0 amide bonds. The van der Waals surface area contributed by atoms with Crippen LogP contribution in [0.5, 0.6) is 0 Å². The quantitative estimate of drug-likeness (QED) is 0.930. The van der Waals surface area contributed by atoms with Gasteiger partial charge in [-0.1, -0.05) is 18.2 Å². The van der Waals surface area contributed by atoms with E-state index in [4.69, 9.17) is 0 Å². The lowest BCUT2D eigenvalue weighted by Gasteiger charge is -2.25. The average Bonchev–Trinajstić information content (AvgIpc) is 2.50. The molecular formula is C15H13F2NO2S2. The Balaban J connectivity index is 1.91. The first-order chi connectivity index (χ1) is 10.5. The standard InChI is InChI=1S/C15H13F2NO2S2/c16-12-6-5-10(9-13(12)17)22(19,20)18-14-7-8-21-15-4-2-1-3-11(14)15/h1-6,9,14,18H,7-8H2/t14-/m0/s1. The summed E-state index contributed by atoms with van der Waals surface area (Å²) in [5, 5.41) is 0. The molecule has 1 atom stereocenters. The molecule has 0 saturated heterocycles. The minimum Gasteiger partial charge on any atom is -0.207 e. The molecule has 0 unspecified atom stereocenters. The van der Waals surface area contributed by atoms with Crippen molar-refractivity contribution in [2.75, 3.05) is 5.75 Å². The molecule has 2 aromatic carbocycles. The lowest BCUT2D eigenvalue weighted by Crippen LogP contribution is -2.30. The fourth-order valence-corrected chi connectivity index (χ4v) is 4.75. The van der Waals surface area contributed by atoms with E-state index in [2.05, 4.69) is 4.72 Å². The average molecular weight is 341 g/mol. The second kappa shape index (κ2) is 5.98. The molecule has 116 valence electrons. The van der Waals surface area contributed by atoms with Crippen molar-refractivity contribution in [3.05, 3.63) is 59.7 Å². The molecule has 1 heterocycles. The van der Waals surface area contributed by atoms with Crippen molar-refractivity contribution in [2.24, 2.45) is 0 Å². The molecule has 0 saturated carbocycles. The summed E-state index contributed by atoms with van der Waals surface area (Å²) in [5.74, 6) is -1.46. The predicted octanol–water partition coefficient (Wildman–Crippen LogP) is 3.48. The number of hydrogen-bond donors (Lipinski definition) is 1. The number of rotatable bonds is 3. The van der Waals surface area contributed by atoms with Crippen LogP contribution in [-0.2, 0) is 10.0 Å². The zero-order valence-electron chi connectivity index (χ0n) is 11.4. The second-order valence-corrected chi connectivity index (χ2v) is 7.78. The Kier molecular flexibility index (Phi) is 4.20. The molecule has 7 heteroatoms. The fourth-order valence-electron chi connectivity index (χ4n) is 2.36. The van der Waals surface area contributed by atoms with E-state index in [9.17, 15) is 17.2 Å². The number of thioether (sulfide) groups is 1. The van der Waals surface area contributed by atoms with Gasteiger partial charge in [0.2, 0.25) is 10.0 Å². The summed E-state index contributed by atoms with van der Waals surface area (Å²) < 4.78 is 53.5. The number of nitrogens with one attached hydrogen (secondary N) is 1. The van der Waals surface area contributed by atoms with Gasteiger partial charge in [0.25, 0.3) is 0 Å². The summed E-state index contributed by atoms with van der Waals surface area (Å²) in [4.78, 5) is 0.758. The maximum Gasteiger partial charge on any atom is 0.241 e. The molecule has 3 rings (SSSR count). The summed E-state index contributed by atoms with van der Waals surface area (Å²) >= 11 is 1.67. The summed E-state index contributed by atoms with van der Waals surface area (Å²) in [7, 11) is -3.91. The summed E-state index contributed by atoms with van der Waals surface area (Å²) in [6, 6.07) is 9.77. The van der Waals surface area contributed by atoms with Crippen molar-refractivity contribution in [1.29, 1.82) is 0 Å². The zero-order valence-corrected chi connectivity index (χ0v) is 13.1. The molecule has 0 radical (unpaired) electrons. The van der Waals surface area contributed by atoms with Crippen LogP contribution >= 0.6 is 11.8 Å². The first-order valence-electron chi connectivity index (χ1n) is 6.66. The van der Waals surface area contributed by atoms with E-state index in [0.717, 1.165) is 28.3 Å². The minimum absolute atomic E-state index is 0.276. The minimum atomic E-state index is -3.91. The maximum absolute atomic E-state index is 13.3. The van der Waals surface area contributed by atoms with E-state index in [-0.39, 0.29) is 10.9 Å². The van der Waals surface area contributed by atoms with Crippen molar-refractivity contribution in [3.8, 4) is 0 Å². The number of hydrogen-bond acceptors (Lipinski definition) is 3. The Morgan fingerprint density at radius 1 is 1.09 bits per heavy atom. The molecule has 1 aliphatic heterocycles. The molecule has 0 bridgehead atoms. The zero-order chi connectivity index (χ0) is 15.7. The van der Waals surface area contributed by atoms with E-state index in [1.54, 1.807) is 11.8 Å². The summed E-state index contributed by atoms with van der Waals surface area (Å²) in [6.07, 6.45) is 0.643. The van der Waals surface area contributed by atoms with Crippen LogP contribution in [0.2, 0.25) is 0 Å². The van der Waals surface area contributed by atoms with Gasteiger partial charge in [0.1, 0.15) is 0 Å². The first kappa shape index (κ1) is 15.5. The highest BCUT2D eigenvalue weighted by Gasteiger charge is 2.26. The summed E-state index contributed by atoms with van der Waals surface area (Å²) in [6.45, 7) is 0. The van der Waals surface area contributed by atoms with Crippen LogP contribution < -0.4 is 4.72 Å². The predicted molar refractivity (Wildman–Crippen MR) is 81.2 cm³/mol. The van der Waals surface area contributed by atoms with Gasteiger partial charge in [-0.3, -0.25) is 0 Å². The molecule has 2 aromatic rings. The van der Waals surface area contributed by atoms with Crippen molar-refractivity contribution in [2.45, 2.75) is 22.3 Å². The largest absolute Gasteiger partial charge is 0.241 e. The monoisotopic (exact) mass is 341 g/mol. The van der Waals surface area contributed by atoms with Crippen molar-refractivity contribution >= 4 is 21.8 Å². The topological polar surface area (TPSA) is 46.2 Å². The molecule has 0 aliphatic carbocycles. The molecule has 0 spiro atoms. The first-order valence-corrected chi connectivity index (χ1v) is 9.13. The third-order valence-electron chi connectivity index (χ3n) is 3.46. The highest BCUT2D eigenvalue weighted by molar-refractivity contribution is 7.99. The molecular weight excluding hydrogens is 328 g/mol. The van der Waals surface area contributed by atoms with Crippen LogP contribution in [-0.4, -0.2) is 14.2 Å². The van der Waals surface area contributed by atoms with Gasteiger partial charge in [-0.2, -0.15) is 0 Å². The van der Waals surface area contributed by atoms with Gasteiger partial charge in [-0.05, 0) is 42.0 Å². The van der Waals surface area contributed by atoms with Gasteiger partial charge in [0.05, 0.1) is 4.90 Å². The highest BCUT2D eigenvalue weighted by Crippen LogP contribution is 2.36. The van der Waals surface area contributed by atoms with E-state index in [0.29, 0.717) is 12.5 Å². The maximum atomic E-state index is 13.3. The van der Waals surface area contributed by atoms with Crippen LogP contribution in [0.4, 0.5) is 8.78 Å². The van der Waals surface area contributed by atoms with Gasteiger partial charge in [-0.15, -0.1) is 11.8 Å².